The van der Waals surface area contributed by atoms with Gasteiger partial charge in [0.15, 0.2) is 0 Å². The van der Waals surface area contributed by atoms with Crippen molar-refractivity contribution in [3.05, 3.63) is 29.3 Å². The quantitative estimate of drug-likeness (QED) is 0.853. The Morgan fingerprint density at radius 2 is 2.05 bits per heavy atom. The molecule has 0 spiro atoms. The molecule has 1 saturated heterocycles. The molecule has 1 aromatic carbocycles. The second kappa shape index (κ2) is 8.15. The Kier molecular flexibility index (Phi) is 6.21. The molecule has 2 rings (SSSR count). The lowest BCUT2D eigenvalue weighted by Gasteiger charge is -2.29. The highest BCUT2D eigenvalue weighted by atomic mass is 16.5. The van der Waals surface area contributed by atoms with Crippen LogP contribution in [0.4, 0.5) is 0 Å². The van der Waals surface area contributed by atoms with Crippen LogP contribution in [0.3, 0.4) is 0 Å². The molecule has 1 fully saturated rings. The molecule has 1 N–H and O–H groups in total. The number of benzene rings is 1. The first-order valence-corrected chi connectivity index (χ1v) is 7.93. The van der Waals surface area contributed by atoms with E-state index in [4.69, 9.17) is 4.74 Å². The minimum absolute atomic E-state index is 0.204. The molecule has 1 amide bonds. The largest absolute Gasteiger partial charge is 0.492 e. The molecule has 1 aliphatic rings. The van der Waals surface area contributed by atoms with E-state index in [9.17, 15) is 4.79 Å². The summed E-state index contributed by atoms with van der Waals surface area (Å²) in [5, 5.41) is 3.26. The van der Waals surface area contributed by atoms with Crippen molar-refractivity contribution in [3.63, 3.8) is 0 Å². The van der Waals surface area contributed by atoms with Crippen LogP contribution in [0.2, 0.25) is 0 Å². The predicted molar refractivity (Wildman–Crippen MR) is 88.4 cm³/mol. The third-order valence-corrected chi connectivity index (χ3v) is 3.95. The van der Waals surface area contributed by atoms with Gasteiger partial charge in [-0.2, -0.15) is 0 Å². The molecule has 0 aromatic heterocycles. The molecule has 1 heterocycles. The van der Waals surface area contributed by atoms with Gasteiger partial charge in [-0.1, -0.05) is 12.1 Å². The number of amides is 1. The SMILES string of the molecule is Cc1ccc(C)c(OCCN(C)CC(=O)N2CCNCC2)c1. The lowest BCUT2D eigenvalue weighted by molar-refractivity contribution is -0.132. The average Bonchev–Trinajstić information content (AvgIpc) is 2.51. The number of aryl methyl sites for hydroxylation is 2. The molecule has 0 aliphatic carbocycles. The summed E-state index contributed by atoms with van der Waals surface area (Å²) in [6.07, 6.45) is 0. The van der Waals surface area contributed by atoms with E-state index >= 15 is 0 Å². The minimum Gasteiger partial charge on any atom is -0.492 e. The zero-order valence-corrected chi connectivity index (χ0v) is 13.9. The van der Waals surface area contributed by atoms with Gasteiger partial charge in [-0.3, -0.25) is 9.69 Å². The van der Waals surface area contributed by atoms with Gasteiger partial charge in [0.05, 0.1) is 6.54 Å². The number of hydrogen-bond acceptors (Lipinski definition) is 4. The van der Waals surface area contributed by atoms with Gasteiger partial charge in [0, 0.05) is 32.7 Å². The molecule has 0 unspecified atom stereocenters. The first kappa shape index (κ1) is 16.8. The molecule has 0 atom stereocenters. The van der Waals surface area contributed by atoms with Gasteiger partial charge in [0.25, 0.3) is 0 Å². The molecule has 5 heteroatoms. The van der Waals surface area contributed by atoms with Crippen molar-refractivity contribution in [3.8, 4) is 5.75 Å². The maximum Gasteiger partial charge on any atom is 0.236 e. The molecule has 1 aromatic rings. The fourth-order valence-corrected chi connectivity index (χ4v) is 2.50. The van der Waals surface area contributed by atoms with Crippen LogP contribution in [0, 0.1) is 13.8 Å². The van der Waals surface area contributed by atoms with Crippen LogP contribution in [0.1, 0.15) is 11.1 Å². The fraction of sp³-hybridized carbons (Fsp3) is 0.588. The highest BCUT2D eigenvalue weighted by Crippen LogP contribution is 2.18. The third kappa shape index (κ3) is 5.00. The van der Waals surface area contributed by atoms with E-state index in [0.717, 1.165) is 44.0 Å². The van der Waals surface area contributed by atoms with E-state index in [-0.39, 0.29) is 5.91 Å². The fourth-order valence-electron chi connectivity index (χ4n) is 2.50. The van der Waals surface area contributed by atoms with Gasteiger partial charge in [0.2, 0.25) is 5.91 Å². The molecular formula is C17H27N3O2. The number of nitrogens with one attached hydrogen (secondary N) is 1. The number of hydrogen-bond donors (Lipinski definition) is 1. The highest BCUT2D eigenvalue weighted by molar-refractivity contribution is 5.78. The number of rotatable bonds is 6. The second-order valence-electron chi connectivity index (χ2n) is 5.99. The zero-order valence-electron chi connectivity index (χ0n) is 13.9. The summed E-state index contributed by atoms with van der Waals surface area (Å²) in [5.41, 5.74) is 2.34. The maximum absolute atomic E-state index is 12.2. The van der Waals surface area contributed by atoms with Crippen molar-refractivity contribution in [2.24, 2.45) is 0 Å². The van der Waals surface area contributed by atoms with E-state index in [1.165, 1.54) is 5.56 Å². The summed E-state index contributed by atoms with van der Waals surface area (Å²) in [4.78, 5) is 16.1. The summed E-state index contributed by atoms with van der Waals surface area (Å²) < 4.78 is 5.84. The van der Waals surface area contributed by atoms with Crippen LogP contribution >= 0.6 is 0 Å². The molecule has 5 nitrogen and oxygen atoms in total. The van der Waals surface area contributed by atoms with Gasteiger partial charge in [0.1, 0.15) is 12.4 Å². The van der Waals surface area contributed by atoms with Crippen LogP contribution in [0.5, 0.6) is 5.75 Å². The normalized spacial score (nSPS) is 15.2. The lowest BCUT2D eigenvalue weighted by Crippen LogP contribution is -2.49. The van der Waals surface area contributed by atoms with Crippen LogP contribution in [-0.2, 0) is 4.79 Å². The van der Waals surface area contributed by atoms with Gasteiger partial charge in [-0.05, 0) is 38.1 Å². The molecule has 122 valence electrons. The smallest absolute Gasteiger partial charge is 0.236 e. The maximum atomic E-state index is 12.2. The number of likely N-dealkylation sites (N-methyl/N-ethyl adjacent to an activating group) is 1. The average molecular weight is 305 g/mol. The van der Waals surface area contributed by atoms with Crippen molar-refractivity contribution >= 4 is 5.91 Å². The van der Waals surface area contributed by atoms with Gasteiger partial charge in [-0.25, -0.2) is 0 Å². The summed E-state index contributed by atoms with van der Waals surface area (Å²) in [5.74, 6) is 1.14. The standard InChI is InChI=1S/C17H27N3O2/c1-14-4-5-15(2)16(12-14)22-11-10-19(3)13-17(21)20-8-6-18-7-9-20/h4-5,12,18H,6-11,13H2,1-3H3. The van der Waals surface area contributed by atoms with Crippen molar-refractivity contribution in [2.75, 3.05) is 52.9 Å². The minimum atomic E-state index is 0.204. The van der Waals surface area contributed by atoms with Crippen molar-refractivity contribution in [2.45, 2.75) is 13.8 Å². The molecular weight excluding hydrogens is 278 g/mol. The van der Waals surface area contributed by atoms with Crippen LogP contribution in [-0.4, -0.2) is 68.6 Å². The molecule has 22 heavy (non-hydrogen) atoms. The lowest BCUT2D eigenvalue weighted by atomic mass is 10.1. The van der Waals surface area contributed by atoms with E-state index < -0.39 is 0 Å². The van der Waals surface area contributed by atoms with Gasteiger partial charge in [-0.15, -0.1) is 0 Å². The number of carbonyl (C=O) groups is 1. The first-order chi connectivity index (χ1) is 10.6. The van der Waals surface area contributed by atoms with Crippen molar-refractivity contribution in [1.82, 2.24) is 15.1 Å². The van der Waals surface area contributed by atoms with Crippen LogP contribution < -0.4 is 10.1 Å². The summed E-state index contributed by atoms with van der Waals surface area (Å²) in [6, 6.07) is 6.21. The van der Waals surface area contributed by atoms with E-state index in [1.54, 1.807) is 0 Å². The van der Waals surface area contributed by atoms with E-state index in [0.29, 0.717) is 13.2 Å². The molecule has 1 aliphatic heterocycles. The van der Waals surface area contributed by atoms with Crippen LogP contribution in [0.15, 0.2) is 18.2 Å². The van der Waals surface area contributed by atoms with E-state index in [1.807, 2.05) is 23.8 Å². The van der Waals surface area contributed by atoms with E-state index in [2.05, 4.69) is 30.4 Å². The number of ether oxygens (including phenoxy) is 1. The molecule has 0 radical (unpaired) electrons. The summed E-state index contributed by atoms with van der Waals surface area (Å²) >= 11 is 0. The Balaban J connectivity index is 1.72. The van der Waals surface area contributed by atoms with Crippen molar-refractivity contribution < 1.29 is 9.53 Å². The Bertz CT molecular complexity index is 499. The predicted octanol–water partition coefficient (Wildman–Crippen LogP) is 1.05. The van der Waals surface area contributed by atoms with Crippen LogP contribution in [0.25, 0.3) is 0 Å². The van der Waals surface area contributed by atoms with Crippen molar-refractivity contribution in [1.29, 1.82) is 0 Å². The zero-order chi connectivity index (χ0) is 15.9. The number of carbonyl (C=O) groups excluding carboxylic acids is 1. The number of nitrogens with zero attached hydrogens (tertiary/aromatic N) is 2. The molecule has 0 saturated carbocycles. The second-order valence-corrected chi connectivity index (χ2v) is 5.99. The topological polar surface area (TPSA) is 44.8 Å². The van der Waals surface area contributed by atoms with Gasteiger partial charge >= 0.3 is 0 Å². The monoisotopic (exact) mass is 305 g/mol. The third-order valence-electron chi connectivity index (χ3n) is 3.95. The first-order valence-electron chi connectivity index (χ1n) is 7.93. The Morgan fingerprint density at radius 3 is 2.77 bits per heavy atom. The number of piperazine rings is 1. The summed E-state index contributed by atoms with van der Waals surface area (Å²) in [6.45, 7) is 9.31. The highest BCUT2D eigenvalue weighted by Gasteiger charge is 2.17. The molecule has 0 bridgehead atoms. The Labute approximate surface area is 133 Å². The van der Waals surface area contributed by atoms with Gasteiger partial charge < -0.3 is 15.0 Å². The Hall–Kier alpha value is -1.59. The Morgan fingerprint density at radius 1 is 1.32 bits per heavy atom. The summed E-state index contributed by atoms with van der Waals surface area (Å²) in [7, 11) is 1.96.